The predicted octanol–water partition coefficient (Wildman–Crippen LogP) is 21.2. The molecular weight excluding hydrogens is 1030 g/mol. The molecule has 8 aromatic carbocycles. The van der Waals surface area contributed by atoms with Crippen LogP contribution < -0.4 is 0 Å². The van der Waals surface area contributed by atoms with Gasteiger partial charge in [-0.1, -0.05) is 197 Å². The van der Waals surface area contributed by atoms with E-state index in [1.165, 1.54) is 33.4 Å². The van der Waals surface area contributed by atoms with Gasteiger partial charge in [-0.05, 0) is 156 Å². The highest BCUT2D eigenvalue weighted by atomic mass is 15.1. The van der Waals surface area contributed by atoms with E-state index in [2.05, 4.69) is 296 Å². The first-order valence-corrected chi connectivity index (χ1v) is 30.2. The van der Waals surface area contributed by atoms with E-state index in [1.807, 2.05) is 12.1 Å². The quantitative estimate of drug-likeness (QED) is 0.172. The van der Waals surface area contributed by atoms with Gasteiger partial charge in [-0.3, -0.25) is 4.57 Å². The Morgan fingerprint density at radius 1 is 0.306 bits per heavy atom. The largest absolute Gasteiger partial charge is 0.306 e. The molecule has 12 rings (SSSR count). The first-order valence-electron chi connectivity index (χ1n) is 30.2. The predicted molar refractivity (Wildman–Crippen MR) is 360 cm³/mol. The number of benzene rings is 8. The third kappa shape index (κ3) is 9.50. The van der Waals surface area contributed by atoms with Crippen LogP contribution in [-0.4, -0.2) is 18.7 Å². The maximum Gasteiger partial charge on any atom is 0.163 e. The van der Waals surface area contributed by atoms with Crippen molar-refractivity contribution in [3.05, 3.63) is 202 Å². The fourth-order valence-corrected chi connectivity index (χ4v) is 12.7. The van der Waals surface area contributed by atoms with Crippen LogP contribution in [-0.2, 0) is 32.5 Å². The summed E-state index contributed by atoms with van der Waals surface area (Å²) in [6.45, 7) is 41.2. The van der Waals surface area contributed by atoms with Gasteiger partial charge in [0.25, 0.3) is 0 Å². The van der Waals surface area contributed by atoms with Gasteiger partial charge in [-0.15, -0.1) is 0 Å². The van der Waals surface area contributed by atoms with Crippen LogP contribution in [0.25, 0.3) is 105 Å². The lowest BCUT2D eigenvalue weighted by atomic mass is 9.85. The molecular formula is C79H80N6. The van der Waals surface area contributed by atoms with Gasteiger partial charge in [0.1, 0.15) is 12.1 Å². The van der Waals surface area contributed by atoms with Crippen molar-refractivity contribution in [1.29, 1.82) is 10.5 Å². The molecule has 0 atom stereocenters. The molecule has 0 saturated carbocycles. The van der Waals surface area contributed by atoms with Crippen molar-refractivity contribution in [3.63, 3.8) is 0 Å². The highest BCUT2D eigenvalue weighted by Gasteiger charge is 2.34. The minimum Gasteiger partial charge on any atom is -0.306 e. The Hall–Kier alpha value is -8.71. The molecule has 85 heavy (non-hydrogen) atoms. The molecule has 0 radical (unpaired) electrons. The Morgan fingerprint density at radius 3 is 0.918 bits per heavy atom. The number of hydrogen-bond donors (Lipinski definition) is 0. The first-order chi connectivity index (χ1) is 39.9. The average Bonchev–Trinajstić information content (AvgIpc) is 1.64. The summed E-state index contributed by atoms with van der Waals surface area (Å²) in [5, 5.41) is 28.7. The summed E-state index contributed by atoms with van der Waals surface area (Å²) in [5.74, 6) is 0.733. The van der Waals surface area contributed by atoms with Crippen LogP contribution >= 0.6 is 0 Å². The summed E-state index contributed by atoms with van der Waals surface area (Å²) >= 11 is 0. The van der Waals surface area contributed by atoms with E-state index in [9.17, 15) is 10.5 Å². The van der Waals surface area contributed by atoms with E-state index in [1.54, 1.807) is 0 Å². The van der Waals surface area contributed by atoms with E-state index in [-0.39, 0.29) is 32.5 Å². The second-order valence-corrected chi connectivity index (χ2v) is 30.1. The standard InChI is InChI=1S/C79H80N6/c1-74(2,3)51-26-32-63-57(39-51)58-40-52(75(4,5)6)27-33-64(58)83(63)71-69(48-24-25-49(45-80)50(38-48)46-81)72(84-65-34-28-53(76(7,8)9)41-59(65)60-42-54(77(10,11)12)29-35-66(60)84)73(82-70(71)47-22-20-19-21-23-47)85-67-36-30-55(78(13,14)15)43-61(67)62-44-56(79(16,17)18)31-37-68(62)85/h19-44H,1-18H3. The molecule has 0 aliphatic heterocycles. The highest BCUT2D eigenvalue weighted by Crippen LogP contribution is 2.51. The van der Waals surface area contributed by atoms with Crippen molar-refractivity contribution >= 4 is 65.4 Å². The smallest absolute Gasteiger partial charge is 0.163 e. The number of rotatable bonds is 5. The maximum absolute atomic E-state index is 11.2. The Morgan fingerprint density at radius 2 is 0.612 bits per heavy atom. The van der Waals surface area contributed by atoms with Gasteiger partial charge < -0.3 is 9.13 Å². The molecule has 0 saturated heterocycles. The van der Waals surface area contributed by atoms with E-state index in [0.717, 1.165) is 105 Å². The molecule has 426 valence electrons. The molecule has 0 fully saturated rings. The topological polar surface area (TPSA) is 75.3 Å². The second-order valence-electron chi connectivity index (χ2n) is 30.1. The maximum atomic E-state index is 11.2. The molecule has 0 N–H and O–H groups in total. The second kappa shape index (κ2) is 19.4. The first kappa shape index (κ1) is 56.8. The van der Waals surface area contributed by atoms with Gasteiger partial charge in [-0.25, -0.2) is 4.98 Å². The molecule has 6 nitrogen and oxygen atoms in total. The normalized spacial score (nSPS) is 13.0. The molecule has 4 heterocycles. The van der Waals surface area contributed by atoms with E-state index >= 15 is 0 Å². The number of nitriles is 2. The molecule has 0 bridgehead atoms. The fourth-order valence-electron chi connectivity index (χ4n) is 12.7. The third-order valence-electron chi connectivity index (χ3n) is 17.9. The van der Waals surface area contributed by atoms with E-state index in [0.29, 0.717) is 11.1 Å². The lowest BCUT2D eigenvalue weighted by molar-refractivity contribution is 0.590. The van der Waals surface area contributed by atoms with Crippen molar-refractivity contribution in [3.8, 4) is 51.7 Å². The van der Waals surface area contributed by atoms with Gasteiger partial charge in [-0.2, -0.15) is 10.5 Å². The van der Waals surface area contributed by atoms with Crippen LogP contribution in [0.2, 0.25) is 0 Å². The van der Waals surface area contributed by atoms with Crippen LogP contribution in [0.4, 0.5) is 0 Å². The molecule has 4 aromatic heterocycles. The van der Waals surface area contributed by atoms with Gasteiger partial charge in [0.15, 0.2) is 5.82 Å². The Labute approximate surface area is 503 Å². The molecule has 6 heteroatoms. The van der Waals surface area contributed by atoms with E-state index < -0.39 is 0 Å². The van der Waals surface area contributed by atoms with Crippen molar-refractivity contribution in [2.45, 2.75) is 157 Å². The number of hydrogen-bond acceptors (Lipinski definition) is 3. The highest BCUT2D eigenvalue weighted by molar-refractivity contribution is 6.15. The van der Waals surface area contributed by atoms with Gasteiger partial charge in [0.2, 0.25) is 0 Å². The zero-order valence-electron chi connectivity index (χ0n) is 53.2. The zero-order valence-corrected chi connectivity index (χ0v) is 53.2. The summed E-state index contributed by atoms with van der Waals surface area (Å²) in [4.78, 5) is 6.36. The van der Waals surface area contributed by atoms with Crippen molar-refractivity contribution in [1.82, 2.24) is 18.7 Å². The monoisotopic (exact) mass is 1110 g/mol. The van der Waals surface area contributed by atoms with Crippen molar-refractivity contribution in [2.24, 2.45) is 0 Å². The molecule has 0 unspecified atom stereocenters. The Kier molecular flexibility index (Phi) is 13.0. The SMILES string of the molecule is CC(C)(C)c1ccc2c(c1)c1cc(C(C)(C)C)ccc1n2-c1nc(-c2ccccc2)c(-n2c3ccc(C(C)(C)C)cc3c3cc(C(C)(C)C)ccc32)c(-c2ccc(C#N)c(C#N)c2)c1-n1c2ccc(C(C)(C)C)cc2c2cc(C(C)(C)C)ccc21. The lowest BCUT2D eigenvalue weighted by Crippen LogP contribution is -2.15. The van der Waals surface area contributed by atoms with Crippen molar-refractivity contribution < 1.29 is 0 Å². The van der Waals surface area contributed by atoms with Crippen LogP contribution in [0, 0.1) is 22.7 Å². The Bertz CT molecular complexity index is 4610. The summed E-state index contributed by atoms with van der Waals surface area (Å²) < 4.78 is 7.37. The van der Waals surface area contributed by atoms with Crippen LogP contribution in [0.3, 0.4) is 0 Å². The number of aromatic nitrogens is 4. The summed E-state index contributed by atoms with van der Waals surface area (Å²) in [7, 11) is 0. The molecule has 0 spiro atoms. The number of nitrogens with zero attached hydrogens (tertiary/aromatic N) is 6. The minimum absolute atomic E-state index is 0.124. The summed E-state index contributed by atoms with van der Waals surface area (Å²) in [6.07, 6.45) is 0. The van der Waals surface area contributed by atoms with Crippen LogP contribution in [0.1, 0.15) is 169 Å². The Balaban J connectivity index is 1.42. The zero-order chi connectivity index (χ0) is 60.8. The molecule has 0 amide bonds. The van der Waals surface area contributed by atoms with Gasteiger partial charge in [0.05, 0.1) is 61.3 Å². The summed E-state index contributed by atoms with van der Waals surface area (Å²) in [6, 6.07) is 63.5. The molecule has 12 aromatic rings. The van der Waals surface area contributed by atoms with Crippen LogP contribution in [0.15, 0.2) is 158 Å². The van der Waals surface area contributed by atoms with Gasteiger partial charge >= 0.3 is 0 Å². The van der Waals surface area contributed by atoms with Crippen LogP contribution in [0.5, 0.6) is 0 Å². The minimum atomic E-state index is -0.139. The summed E-state index contributed by atoms with van der Waals surface area (Å²) in [5.41, 5.74) is 18.6. The number of fused-ring (bicyclic) bond motifs is 9. The van der Waals surface area contributed by atoms with Crippen molar-refractivity contribution in [2.75, 3.05) is 0 Å². The lowest BCUT2D eigenvalue weighted by Gasteiger charge is -2.27. The molecule has 0 aliphatic rings. The van der Waals surface area contributed by atoms with E-state index in [4.69, 9.17) is 4.98 Å². The molecule has 0 aliphatic carbocycles. The van der Waals surface area contributed by atoms with Gasteiger partial charge in [0, 0.05) is 43.4 Å². The fraction of sp³-hybridized carbons (Fsp3) is 0.304. The number of pyridine rings is 1. The average molecular weight is 1110 g/mol. The third-order valence-corrected chi connectivity index (χ3v) is 17.9.